The maximum atomic E-state index is 12.7. The van der Waals surface area contributed by atoms with E-state index in [-0.39, 0.29) is 30.9 Å². The van der Waals surface area contributed by atoms with E-state index >= 15 is 0 Å². The van der Waals surface area contributed by atoms with Crippen LogP contribution in [0.4, 0.5) is 0 Å². The summed E-state index contributed by atoms with van der Waals surface area (Å²) in [5, 5.41) is 10.8. The second-order valence-corrected chi connectivity index (χ2v) is 7.87. The first-order valence-electron chi connectivity index (χ1n) is 11.0. The molecule has 11 heteroatoms. The largest absolute Gasteiger partial charge is 0.348 e. The number of carbonyl (C=O) groups excluding carboxylic acids is 5. The van der Waals surface area contributed by atoms with Crippen molar-refractivity contribution in [1.82, 2.24) is 26.2 Å². The van der Waals surface area contributed by atoms with Crippen LogP contribution in [-0.2, 0) is 24.0 Å². The summed E-state index contributed by atoms with van der Waals surface area (Å²) in [7, 11) is 0. The number of likely N-dealkylation sites (tertiary alicyclic amines) is 1. The molecular formula is C20H34N6O5. The van der Waals surface area contributed by atoms with Gasteiger partial charge in [0.1, 0.15) is 18.4 Å². The zero-order chi connectivity index (χ0) is 22.6. The Bertz CT molecular complexity index is 652. The van der Waals surface area contributed by atoms with Crippen molar-refractivity contribution in [2.24, 2.45) is 5.73 Å². The van der Waals surface area contributed by atoms with E-state index in [4.69, 9.17) is 5.73 Å². The quantitative estimate of drug-likeness (QED) is 0.170. The predicted molar refractivity (Wildman–Crippen MR) is 113 cm³/mol. The first kappa shape index (κ1) is 24.7. The molecule has 11 nitrogen and oxygen atoms in total. The minimum atomic E-state index is -0.811. The number of hydrogen-bond acceptors (Lipinski definition) is 7. The highest BCUT2D eigenvalue weighted by atomic mass is 16.2. The Hall–Kier alpha value is -2.53. The lowest BCUT2D eigenvalue weighted by Gasteiger charge is -2.26. The fourth-order valence-corrected chi connectivity index (χ4v) is 3.96. The number of nitrogens with one attached hydrogen (secondary N) is 4. The molecular weight excluding hydrogens is 404 g/mol. The summed E-state index contributed by atoms with van der Waals surface area (Å²) in [5.74, 6) is -1.41. The first-order chi connectivity index (χ1) is 15.0. The van der Waals surface area contributed by atoms with Gasteiger partial charge in [-0.05, 0) is 58.0 Å². The van der Waals surface area contributed by atoms with Crippen LogP contribution in [0.25, 0.3) is 0 Å². The van der Waals surface area contributed by atoms with Crippen molar-refractivity contribution in [2.75, 3.05) is 32.7 Å². The number of carbonyl (C=O) groups is 5. The van der Waals surface area contributed by atoms with Gasteiger partial charge in [-0.2, -0.15) is 0 Å². The monoisotopic (exact) mass is 438 g/mol. The first-order valence-corrected chi connectivity index (χ1v) is 11.0. The summed E-state index contributed by atoms with van der Waals surface area (Å²) < 4.78 is 0. The fourth-order valence-electron chi connectivity index (χ4n) is 3.96. The van der Waals surface area contributed by atoms with Gasteiger partial charge in [-0.3, -0.25) is 19.2 Å². The van der Waals surface area contributed by atoms with Crippen LogP contribution in [-0.4, -0.2) is 85.7 Å². The maximum Gasteiger partial charge on any atom is 0.243 e. The smallest absolute Gasteiger partial charge is 0.243 e. The maximum absolute atomic E-state index is 12.7. The van der Waals surface area contributed by atoms with Gasteiger partial charge in [-0.1, -0.05) is 0 Å². The van der Waals surface area contributed by atoms with Crippen LogP contribution < -0.4 is 27.0 Å². The predicted octanol–water partition coefficient (Wildman–Crippen LogP) is -2.23. The average molecular weight is 439 g/mol. The van der Waals surface area contributed by atoms with Crippen molar-refractivity contribution < 1.29 is 24.0 Å². The number of unbranched alkanes of at least 4 members (excludes halogenated alkanes) is 1. The van der Waals surface area contributed by atoms with Gasteiger partial charge in [0.2, 0.25) is 23.6 Å². The number of nitrogens with two attached hydrogens (primary N) is 1. The SMILES string of the molecule is NCCCC[C@H](NC(=O)CNC(=O)[C@@H]1CCCN1C(=O)[C@@H]1CCCN1)C(=O)NCC=O. The van der Waals surface area contributed by atoms with Crippen LogP contribution in [0.5, 0.6) is 0 Å². The van der Waals surface area contributed by atoms with Crippen molar-refractivity contribution in [3.63, 3.8) is 0 Å². The van der Waals surface area contributed by atoms with Crippen LogP contribution in [0, 0.1) is 0 Å². The van der Waals surface area contributed by atoms with E-state index in [1.54, 1.807) is 4.90 Å². The van der Waals surface area contributed by atoms with E-state index < -0.39 is 23.9 Å². The standard InChI is InChI=1S/C20H34N6O5/c21-8-2-1-5-14(18(29)23-10-12-27)25-17(28)13-24-19(30)16-7-4-11-26(16)20(31)15-6-3-9-22-15/h12,14-16,22H,1-11,13,21H2,(H,23,29)(H,24,30)(H,25,28)/t14-,15-,16-/m0/s1. The molecule has 0 saturated carbocycles. The zero-order valence-corrected chi connectivity index (χ0v) is 17.9. The molecule has 174 valence electrons. The van der Waals surface area contributed by atoms with Gasteiger partial charge in [-0.25, -0.2) is 0 Å². The third-order valence-corrected chi connectivity index (χ3v) is 5.58. The molecule has 0 aliphatic carbocycles. The lowest BCUT2D eigenvalue weighted by molar-refractivity contribution is -0.140. The third kappa shape index (κ3) is 7.59. The van der Waals surface area contributed by atoms with E-state index in [0.29, 0.717) is 45.1 Å². The van der Waals surface area contributed by atoms with Gasteiger partial charge in [0.25, 0.3) is 0 Å². The topological polar surface area (TPSA) is 163 Å². The summed E-state index contributed by atoms with van der Waals surface area (Å²) in [4.78, 5) is 61.8. The van der Waals surface area contributed by atoms with Crippen molar-refractivity contribution in [3.8, 4) is 0 Å². The Morgan fingerprint density at radius 2 is 1.94 bits per heavy atom. The Labute approximate surface area is 182 Å². The number of aldehydes is 1. The molecule has 31 heavy (non-hydrogen) atoms. The van der Waals surface area contributed by atoms with Gasteiger partial charge < -0.3 is 36.7 Å². The molecule has 0 bridgehead atoms. The minimum absolute atomic E-state index is 0.0635. The summed E-state index contributed by atoms with van der Waals surface area (Å²) in [6, 6.07) is -1.64. The summed E-state index contributed by atoms with van der Waals surface area (Å²) in [5.41, 5.74) is 5.47. The molecule has 0 unspecified atom stereocenters. The average Bonchev–Trinajstić information content (AvgIpc) is 3.47. The normalized spacial score (nSPS) is 21.4. The van der Waals surface area contributed by atoms with E-state index in [0.717, 1.165) is 25.8 Å². The summed E-state index contributed by atoms with van der Waals surface area (Å²) in [6.45, 7) is 1.36. The third-order valence-electron chi connectivity index (χ3n) is 5.58. The molecule has 2 fully saturated rings. The van der Waals surface area contributed by atoms with Gasteiger partial charge in [0.05, 0.1) is 19.1 Å². The molecule has 2 heterocycles. The second kappa shape index (κ2) is 13.0. The molecule has 4 amide bonds. The zero-order valence-electron chi connectivity index (χ0n) is 17.9. The van der Waals surface area contributed by atoms with E-state index in [2.05, 4.69) is 21.3 Å². The van der Waals surface area contributed by atoms with Crippen LogP contribution in [0.1, 0.15) is 44.9 Å². The van der Waals surface area contributed by atoms with Gasteiger partial charge in [0, 0.05) is 6.54 Å². The minimum Gasteiger partial charge on any atom is -0.348 e. The summed E-state index contributed by atoms with van der Waals surface area (Å²) in [6.07, 6.45) is 5.28. The molecule has 0 radical (unpaired) electrons. The lowest BCUT2D eigenvalue weighted by atomic mass is 10.1. The van der Waals surface area contributed by atoms with Crippen LogP contribution in [0.2, 0.25) is 0 Å². The lowest BCUT2D eigenvalue weighted by Crippen LogP contribution is -2.53. The molecule has 2 rings (SSSR count). The number of hydrogen-bond donors (Lipinski definition) is 5. The highest BCUT2D eigenvalue weighted by Crippen LogP contribution is 2.20. The Morgan fingerprint density at radius 3 is 2.61 bits per heavy atom. The van der Waals surface area contributed by atoms with Crippen molar-refractivity contribution in [2.45, 2.75) is 63.1 Å². The van der Waals surface area contributed by atoms with E-state index in [9.17, 15) is 24.0 Å². The van der Waals surface area contributed by atoms with Gasteiger partial charge >= 0.3 is 0 Å². The molecule has 2 aliphatic rings. The fraction of sp³-hybridized carbons (Fsp3) is 0.750. The van der Waals surface area contributed by atoms with Crippen molar-refractivity contribution in [1.29, 1.82) is 0 Å². The second-order valence-electron chi connectivity index (χ2n) is 7.87. The molecule has 6 N–H and O–H groups in total. The number of amides is 4. The molecule has 2 aliphatic heterocycles. The van der Waals surface area contributed by atoms with E-state index in [1.165, 1.54) is 0 Å². The Morgan fingerprint density at radius 1 is 1.13 bits per heavy atom. The van der Waals surface area contributed by atoms with Crippen LogP contribution in [0.3, 0.4) is 0 Å². The highest BCUT2D eigenvalue weighted by molar-refractivity contribution is 5.93. The highest BCUT2D eigenvalue weighted by Gasteiger charge is 2.37. The molecule has 0 aromatic rings. The number of nitrogens with zero attached hydrogens (tertiary/aromatic N) is 1. The molecule has 0 aromatic carbocycles. The van der Waals surface area contributed by atoms with E-state index in [1.807, 2.05) is 0 Å². The molecule has 3 atom stereocenters. The van der Waals surface area contributed by atoms with Crippen LogP contribution in [0.15, 0.2) is 0 Å². The Kier molecular flexibility index (Phi) is 10.4. The number of rotatable bonds is 12. The summed E-state index contributed by atoms with van der Waals surface area (Å²) >= 11 is 0. The van der Waals surface area contributed by atoms with Gasteiger partial charge in [-0.15, -0.1) is 0 Å². The Balaban J connectivity index is 1.84. The van der Waals surface area contributed by atoms with Gasteiger partial charge in [0.15, 0.2) is 0 Å². The van der Waals surface area contributed by atoms with Crippen LogP contribution >= 0.6 is 0 Å². The molecule has 0 aromatic heterocycles. The van der Waals surface area contributed by atoms with Crippen molar-refractivity contribution in [3.05, 3.63) is 0 Å². The molecule has 2 saturated heterocycles. The van der Waals surface area contributed by atoms with Crippen molar-refractivity contribution >= 4 is 29.9 Å². The molecule has 0 spiro atoms.